The fourth-order valence-electron chi connectivity index (χ4n) is 5.30. The molecule has 2 amide bonds. The monoisotopic (exact) mass is 383 g/mol. The van der Waals surface area contributed by atoms with Crippen LogP contribution in [0.3, 0.4) is 0 Å². The standard InChI is InChI=1S/C23H33N3O2/c27-22-7-6-21(17-26(22)16-18-4-2-1-3-5-18)23(28)25-14-10-20(11-15-25)19-8-12-24-13-9-19/h8-9,12-13,18,20-21H,1-7,10-11,14-17H2/t21-/m1/s1. The molecular formula is C23H33N3O2. The summed E-state index contributed by atoms with van der Waals surface area (Å²) in [7, 11) is 0. The van der Waals surface area contributed by atoms with Gasteiger partial charge in [-0.2, -0.15) is 0 Å². The molecule has 0 unspecified atom stereocenters. The van der Waals surface area contributed by atoms with Crippen LogP contribution in [-0.4, -0.2) is 52.8 Å². The Morgan fingerprint density at radius 1 is 1.00 bits per heavy atom. The van der Waals surface area contributed by atoms with E-state index in [9.17, 15) is 9.59 Å². The van der Waals surface area contributed by atoms with Crippen molar-refractivity contribution in [3.8, 4) is 0 Å². The van der Waals surface area contributed by atoms with Crippen molar-refractivity contribution in [3.05, 3.63) is 30.1 Å². The molecular weight excluding hydrogens is 350 g/mol. The Balaban J connectivity index is 1.30. The largest absolute Gasteiger partial charge is 0.342 e. The van der Waals surface area contributed by atoms with E-state index in [1.54, 1.807) is 0 Å². The maximum atomic E-state index is 13.1. The van der Waals surface area contributed by atoms with E-state index in [0.717, 1.165) is 38.9 Å². The third kappa shape index (κ3) is 4.56. The first-order chi connectivity index (χ1) is 13.7. The summed E-state index contributed by atoms with van der Waals surface area (Å²) in [4.78, 5) is 33.7. The number of hydrogen-bond acceptors (Lipinski definition) is 3. The number of nitrogens with zero attached hydrogens (tertiary/aromatic N) is 3. The average molecular weight is 384 g/mol. The predicted octanol–water partition coefficient (Wildman–Crippen LogP) is 3.61. The summed E-state index contributed by atoms with van der Waals surface area (Å²) < 4.78 is 0. The summed E-state index contributed by atoms with van der Waals surface area (Å²) in [6, 6.07) is 4.19. The van der Waals surface area contributed by atoms with Gasteiger partial charge in [0.25, 0.3) is 0 Å². The molecule has 28 heavy (non-hydrogen) atoms. The molecule has 1 atom stereocenters. The van der Waals surface area contributed by atoms with Crippen LogP contribution >= 0.6 is 0 Å². The summed E-state index contributed by atoms with van der Waals surface area (Å²) in [5.41, 5.74) is 1.34. The molecule has 152 valence electrons. The Labute approximate surface area is 168 Å². The summed E-state index contributed by atoms with van der Waals surface area (Å²) in [5.74, 6) is 1.70. The molecule has 1 saturated carbocycles. The van der Waals surface area contributed by atoms with Gasteiger partial charge in [-0.3, -0.25) is 14.6 Å². The molecule has 3 heterocycles. The van der Waals surface area contributed by atoms with E-state index in [-0.39, 0.29) is 17.7 Å². The minimum atomic E-state index is -0.00114. The van der Waals surface area contributed by atoms with Crippen LogP contribution in [0.4, 0.5) is 0 Å². The molecule has 5 nitrogen and oxygen atoms in total. The number of carbonyl (C=O) groups is 2. The number of pyridine rings is 1. The van der Waals surface area contributed by atoms with Crippen LogP contribution in [0.15, 0.2) is 24.5 Å². The summed E-state index contributed by atoms with van der Waals surface area (Å²) in [6.45, 7) is 3.17. The van der Waals surface area contributed by atoms with Crippen LogP contribution in [0.25, 0.3) is 0 Å². The zero-order chi connectivity index (χ0) is 19.3. The molecule has 0 aromatic carbocycles. The van der Waals surface area contributed by atoms with Crippen molar-refractivity contribution in [2.75, 3.05) is 26.2 Å². The zero-order valence-corrected chi connectivity index (χ0v) is 16.9. The van der Waals surface area contributed by atoms with Crippen molar-refractivity contribution in [3.63, 3.8) is 0 Å². The molecule has 4 rings (SSSR count). The Bertz CT molecular complexity index is 664. The maximum absolute atomic E-state index is 13.1. The Morgan fingerprint density at radius 3 is 2.43 bits per heavy atom. The van der Waals surface area contributed by atoms with Gasteiger partial charge < -0.3 is 9.80 Å². The fraction of sp³-hybridized carbons (Fsp3) is 0.696. The fourth-order valence-corrected chi connectivity index (χ4v) is 5.30. The van der Waals surface area contributed by atoms with E-state index in [1.807, 2.05) is 17.3 Å². The van der Waals surface area contributed by atoms with E-state index in [2.05, 4.69) is 22.0 Å². The third-order valence-electron chi connectivity index (χ3n) is 7.04. The lowest BCUT2D eigenvalue weighted by Crippen LogP contribution is -2.49. The number of carbonyl (C=O) groups excluding carboxylic acids is 2. The maximum Gasteiger partial charge on any atom is 0.227 e. The molecule has 0 radical (unpaired) electrons. The van der Waals surface area contributed by atoms with Gasteiger partial charge in [-0.1, -0.05) is 19.3 Å². The second-order valence-corrected chi connectivity index (χ2v) is 8.92. The van der Waals surface area contributed by atoms with Gasteiger partial charge in [0.2, 0.25) is 11.8 Å². The van der Waals surface area contributed by atoms with Crippen molar-refractivity contribution >= 4 is 11.8 Å². The Kier molecular flexibility index (Phi) is 6.28. The molecule has 2 saturated heterocycles. The van der Waals surface area contributed by atoms with E-state index >= 15 is 0 Å². The highest BCUT2D eigenvalue weighted by Crippen LogP contribution is 2.30. The number of likely N-dealkylation sites (tertiary alicyclic amines) is 2. The number of rotatable bonds is 4. The van der Waals surface area contributed by atoms with Crippen LogP contribution in [0.5, 0.6) is 0 Å². The quantitative estimate of drug-likeness (QED) is 0.798. The van der Waals surface area contributed by atoms with Gasteiger partial charge in [-0.05, 0) is 61.6 Å². The van der Waals surface area contributed by atoms with Crippen LogP contribution in [-0.2, 0) is 9.59 Å². The lowest BCUT2D eigenvalue weighted by Gasteiger charge is -2.39. The molecule has 2 aliphatic heterocycles. The highest BCUT2D eigenvalue weighted by molar-refractivity contribution is 5.84. The average Bonchev–Trinajstić information content (AvgIpc) is 2.76. The lowest BCUT2D eigenvalue weighted by atomic mass is 9.87. The minimum absolute atomic E-state index is 0.00114. The van der Waals surface area contributed by atoms with Gasteiger partial charge in [0, 0.05) is 45.0 Å². The highest BCUT2D eigenvalue weighted by Gasteiger charge is 2.35. The van der Waals surface area contributed by atoms with Crippen LogP contribution < -0.4 is 0 Å². The third-order valence-corrected chi connectivity index (χ3v) is 7.04. The molecule has 1 aromatic rings. The molecule has 3 fully saturated rings. The second kappa shape index (κ2) is 9.06. The molecule has 0 bridgehead atoms. The van der Waals surface area contributed by atoms with Crippen molar-refractivity contribution < 1.29 is 9.59 Å². The van der Waals surface area contributed by atoms with E-state index < -0.39 is 0 Å². The normalized spacial score (nSPS) is 25.1. The highest BCUT2D eigenvalue weighted by atomic mass is 16.2. The zero-order valence-electron chi connectivity index (χ0n) is 16.9. The Morgan fingerprint density at radius 2 is 1.71 bits per heavy atom. The van der Waals surface area contributed by atoms with Gasteiger partial charge in [0.1, 0.15) is 0 Å². The van der Waals surface area contributed by atoms with Crippen molar-refractivity contribution in [1.29, 1.82) is 0 Å². The van der Waals surface area contributed by atoms with Gasteiger partial charge in [0.15, 0.2) is 0 Å². The topological polar surface area (TPSA) is 53.5 Å². The Hall–Kier alpha value is -1.91. The molecule has 5 heteroatoms. The van der Waals surface area contributed by atoms with Gasteiger partial charge >= 0.3 is 0 Å². The molecule has 0 spiro atoms. The predicted molar refractivity (Wildman–Crippen MR) is 109 cm³/mol. The first-order valence-corrected chi connectivity index (χ1v) is 11.2. The number of piperidine rings is 2. The van der Waals surface area contributed by atoms with E-state index in [1.165, 1.54) is 37.7 Å². The molecule has 1 aliphatic carbocycles. The summed E-state index contributed by atoms with van der Waals surface area (Å²) in [5, 5.41) is 0. The molecule has 1 aromatic heterocycles. The van der Waals surface area contributed by atoms with Crippen LogP contribution in [0.1, 0.15) is 69.3 Å². The lowest BCUT2D eigenvalue weighted by molar-refractivity contribution is -0.144. The van der Waals surface area contributed by atoms with Crippen molar-refractivity contribution in [1.82, 2.24) is 14.8 Å². The van der Waals surface area contributed by atoms with E-state index in [0.29, 0.717) is 24.8 Å². The molecule has 0 N–H and O–H groups in total. The second-order valence-electron chi connectivity index (χ2n) is 8.92. The number of aromatic nitrogens is 1. The first kappa shape index (κ1) is 19.4. The van der Waals surface area contributed by atoms with Crippen molar-refractivity contribution in [2.24, 2.45) is 11.8 Å². The summed E-state index contributed by atoms with van der Waals surface area (Å²) >= 11 is 0. The minimum Gasteiger partial charge on any atom is -0.342 e. The van der Waals surface area contributed by atoms with Gasteiger partial charge in [-0.15, -0.1) is 0 Å². The number of hydrogen-bond donors (Lipinski definition) is 0. The SMILES string of the molecule is O=C1CC[C@@H](C(=O)N2CCC(c3ccncc3)CC2)CN1CC1CCCCC1. The molecule has 3 aliphatic rings. The van der Waals surface area contributed by atoms with Gasteiger partial charge in [-0.25, -0.2) is 0 Å². The summed E-state index contributed by atoms with van der Waals surface area (Å²) in [6.07, 6.45) is 13.4. The van der Waals surface area contributed by atoms with Gasteiger partial charge in [0.05, 0.1) is 5.92 Å². The van der Waals surface area contributed by atoms with Crippen LogP contribution in [0, 0.1) is 11.8 Å². The first-order valence-electron chi connectivity index (χ1n) is 11.2. The van der Waals surface area contributed by atoms with E-state index in [4.69, 9.17) is 0 Å². The smallest absolute Gasteiger partial charge is 0.227 e. The van der Waals surface area contributed by atoms with Crippen LogP contribution in [0.2, 0.25) is 0 Å². The van der Waals surface area contributed by atoms with Crippen molar-refractivity contribution in [2.45, 2.75) is 63.7 Å². The number of amides is 2.